The predicted molar refractivity (Wildman–Crippen MR) is 94.2 cm³/mol. The third kappa shape index (κ3) is 3.12. The molecule has 5 heteroatoms. The fourth-order valence-corrected chi connectivity index (χ4v) is 2.73. The molecule has 2 N–H and O–H groups in total. The van der Waals surface area contributed by atoms with Gasteiger partial charge in [0.25, 0.3) is 5.91 Å². The van der Waals surface area contributed by atoms with Crippen molar-refractivity contribution in [3.05, 3.63) is 70.4 Å². The lowest BCUT2D eigenvalue weighted by molar-refractivity contribution is 0.0955. The standard InChI is InChI=1S/C18H16ClN3O/c1-2-12-6-5-8-14-13(10-20-17(12)14)11-21-22-18(23)15-7-3-4-9-16(15)19/h3-11,20H,2H2,1H3,(H,22,23)/b21-11+. The van der Waals surface area contributed by atoms with E-state index in [1.807, 2.05) is 18.3 Å². The van der Waals surface area contributed by atoms with Crippen LogP contribution in [-0.2, 0) is 6.42 Å². The summed E-state index contributed by atoms with van der Waals surface area (Å²) in [5.74, 6) is -0.332. The molecule has 0 aliphatic heterocycles. The second kappa shape index (κ2) is 6.67. The lowest BCUT2D eigenvalue weighted by Gasteiger charge is -2.01. The van der Waals surface area contributed by atoms with E-state index in [1.165, 1.54) is 5.56 Å². The molecule has 1 heterocycles. The SMILES string of the molecule is CCc1cccc2c(/C=N/NC(=O)c3ccccc3Cl)c[nH]c12. The topological polar surface area (TPSA) is 57.2 Å². The van der Waals surface area contributed by atoms with Gasteiger partial charge in [-0.3, -0.25) is 4.79 Å². The Balaban J connectivity index is 1.79. The Labute approximate surface area is 139 Å². The summed E-state index contributed by atoms with van der Waals surface area (Å²) >= 11 is 5.99. The van der Waals surface area contributed by atoms with Gasteiger partial charge in [0.2, 0.25) is 0 Å². The summed E-state index contributed by atoms with van der Waals surface area (Å²) in [6.45, 7) is 2.12. The smallest absolute Gasteiger partial charge is 0.272 e. The first-order chi connectivity index (χ1) is 11.2. The number of nitrogens with one attached hydrogen (secondary N) is 2. The maximum absolute atomic E-state index is 12.0. The monoisotopic (exact) mass is 325 g/mol. The Bertz CT molecular complexity index is 883. The second-order valence-electron chi connectivity index (χ2n) is 5.12. The molecule has 0 spiro atoms. The number of aromatic amines is 1. The van der Waals surface area contributed by atoms with Crippen LogP contribution in [0.15, 0.2) is 53.8 Å². The Morgan fingerprint density at radius 1 is 1.26 bits per heavy atom. The van der Waals surface area contributed by atoms with Gasteiger partial charge >= 0.3 is 0 Å². The number of carbonyl (C=O) groups excluding carboxylic acids is 1. The average Bonchev–Trinajstić information content (AvgIpc) is 2.98. The third-order valence-corrected chi connectivity index (χ3v) is 4.03. The number of benzene rings is 2. The highest BCUT2D eigenvalue weighted by molar-refractivity contribution is 6.33. The molecule has 3 aromatic rings. The number of hydrogen-bond acceptors (Lipinski definition) is 2. The van der Waals surface area contributed by atoms with Crippen LogP contribution in [0.5, 0.6) is 0 Å². The summed E-state index contributed by atoms with van der Waals surface area (Å²) in [6, 6.07) is 13.0. The van der Waals surface area contributed by atoms with Gasteiger partial charge in [0.1, 0.15) is 0 Å². The molecule has 0 saturated carbocycles. The summed E-state index contributed by atoms with van der Waals surface area (Å²) in [6.07, 6.45) is 4.47. The maximum Gasteiger partial charge on any atom is 0.272 e. The van der Waals surface area contributed by atoms with Crippen molar-refractivity contribution >= 4 is 34.6 Å². The minimum absolute atomic E-state index is 0.332. The fourth-order valence-electron chi connectivity index (χ4n) is 2.51. The molecule has 1 amide bonds. The molecule has 116 valence electrons. The Morgan fingerprint density at radius 2 is 2.09 bits per heavy atom. The number of aromatic nitrogens is 1. The summed E-state index contributed by atoms with van der Waals surface area (Å²) < 4.78 is 0. The lowest BCUT2D eigenvalue weighted by Crippen LogP contribution is -2.17. The predicted octanol–water partition coefficient (Wildman–Crippen LogP) is 4.15. The number of fused-ring (bicyclic) bond motifs is 1. The molecule has 0 unspecified atom stereocenters. The minimum atomic E-state index is -0.332. The van der Waals surface area contributed by atoms with E-state index in [2.05, 4.69) is 28.5 Å². The molecule has 0 saturated heterocycles. The molecule has 0 fully saturated rings. The number of hydrogen-bond donors (Lipinski definition) is 2. The van der Waals surface area contributed by atoms with Gasteiger partial charge in [-0.2, -0.15) is 5.10 Å². The number of carbonyl (C=O) groups is 1. The van der Waals surface area contributed by atoms with Crippen LogP contribution in [0.25, 0.3) is 10.9 Å². The number of H-pyrrole nitrogens is 1. The van der Waals surface area contributed by atoms with Crippen LogP contribution in [0.4, 0.5) is 0 Å². The quantitative estimate of drug-likeness (QED) is 0.549. The van der Waals surface area contributed by atoms with Crippen LogP contribution in [0.3, 0.4) is 0 Å². The second-order valence-corrected chi connectivity index (χ2v) is 5.52. The largest absolute Gasteiger partial charge is 0.360 e. The first-order valence-electron chi connectivity index (χ1n) is 7.37. The number of para-hydroxylation sites is 1. The third-order valence-electron chi connectivity index (χ3n) is 3.70. The summed E-state index contributed by atoms with van der Waals surface area (Å²) in [5, 5.41) is 5.52. The minimum Gasteiger partial charge on any atom is -0.360 e. The lowest BCUT2D eigenvalue weighted by atomic mass is 10.1. The van der Waals surface area contributed by atoms with Gasteiger partial charge in [-0.15, -0.1) is 0 Å². The van der Waals surface area contributed by atoms with Crippen molar-refractivity contribution in [3.8, 4) is 0 Å². The molecule has 4 nitrogen and oxygen atoms in total. The van der Waals surface area contributed by atoms with E-state index < -0.39 is 0 Å². The zero-order valence-corrected chi connectivity index (χ0v) is 13.4. The van der Waals surface area contributed by atoms with Crippen LogP contribution in [0.2, 0.25) is 5.02 Å². The van der Waals surface area contributed by atoms with Crippen LogP contribution in [0.1, 0.15) is 28.4 Å². The molecule has 0 radical (unpaired) electrons. The molecule has 3 rings (SSSR count). The maximum atomic E-state index is 12.0. The highest BCUT2D eigenvalue weighted by atomic mass is 35.5. The molecule has 0 atom stereocenters. The zero-order valence-electron chi connectivity index (χ0n) is 12.6. The van der Waals surface area contributed by atoms with Gasteiger partial charge in [0.05, 0.1) is 16.8 Å². The van der Waals surface area contributed by atoms with E-state index in [9.17, 15) is 4.79 Å². The van der Waals surface area contributed by atoms with E-state index in [4.69, 9.17) is 11.6 Å². The van der Waals surface area contributed by atoms with Crippen molar-refractivity contribution < 1.29 is 4.79 Å². The fraction of sp³-hybridized carbons (Fsp3) is 0.111. The molecular weight excluding hydrogens is 310 g/mol. The summed E-state index contributed by atoms with van der Waals surface area (Å²) in [5.41, 5.74) is 6.19. The van der Waals surface area contributed by atoms with Crippen LogP contribution < -0.4 is 5.43 Å². The van der Waals surface area contributed by atoms with E-state index >= 15 is 0 Å². The number of hydrazone groups is 1. The molecule has 0 bridgehead atoms. The molecule has 0 aliphatic rings. The summed E-state index contributed by atoms with van der Waals surface area (Å²) in [7, 11) is 0. The van der Waals surface area contributed by atoms with E-state index in [0.29, 0.717) is 10.6 Å². The Kier molecular flexibility index (Phi) is 4.44. The molecule has 23 heavy (non-hydrogen) atoms. The van der Waals surface area contributed by atoms with Crippen molar-refractivity contribution in [1.29, 1.82) is 0 Å². The normalized spacial score (nSPS) is 11.2. The van der Waals surface area contributed by atoms with E-state index in [0.717, 1.165) is 22.9 Å². The van der Waals surface area contributed by atoms with Gasteiger partial charge in [-0.25, -0.2) is 5.43 Å². The van der Waals surface area contributed by atoms with E-state index in [1.54, 1.807) is 30.5 Å². The molecule has 2 aromatic carbocycles. The first-order valence-corrected chi connectivity index (χ1v) is 7.75. The molecular formula is C18H16ClN3O. The van der Waals surface area contributed by atoms with Crippen molar-refractivity contribution in [1.82, 2.24) is 10.4 Å². The zero-order chi connectivity index (χ0) is 16.2. The highest BCUT2D eigenvalue weighted by Gasteiger charge is 2.08. The van der Waals surface area contributed by atoms with Gasteiger partial charge in [-0.05, 0) is 24.1 Å². The van der Waals surface area contributed by atoms with Crippen LogP contribution >= 0.6 is 11.6 Å². The Hall–Kier alpha value is -2.59. The molecule has 0 aliphatic carbocycles. The number of aryl methyl sites for hydroxylation is 1. The molecule has 1 aromatic heterocycles. The summed E-state index contributed by atoms with van der Waals surface area (Å²) in [4.78, 5) is 15.3. The van der Waals surface area contributed by atoms with Gasteiger partial charge < -0.3 is 4.98 Å². The van der Waals surface area contributed by atoms with Crippen LogP contribution in [-0.4, -0.2) is 17.1 Å². The number of nitrogens with zero attached hydrogens (tertiary/aromatic N) is 1. The van der Waals surface area contributed by atoms with Gasteiger partial charge in [-0.1, -0.05) is 48.9 Å². The number of halogens is 1. The Morgan fingerprint density at radius 3 is 2.87 bits per heavy atom. The van der Waals surface area contributed by atoms with Gasteiger partial charge in [0.15, 0.2) is 0 Å². The van der Waals surface area contributed by atoms with Crippen molar-refractivity contribution in [2.24, 2.45) is 5.10 Å². The van der Waals surface area contributed by atoms with Crippen molar-refractivity contribution in [2.75, 3.05) is 0 Å². The first kappa shape index (κ1) is 15.3. The van der Waals surface area contributed by atoms with Crippen molar-refractivity contribution in [2.45, 2.75) is 13.3 Å². The van der Waals surface area contributed by atoms with Gasteiger partial charge in [0, 0.05) is 22.7 Å². The number of rotatable bonds is 4. The van der Waals surface area contributed by atoms with Crippen molar-refractivity contribution in [3.63, 3.8) is 0 Å². The van der Waals surface area contributed by atoms with Crippen LogP contribution in [0, 0.1) is 0 Å². The highest BCUT2D eigenvalue weighted by Crippen LogP contribution is 2.21. The number of amides is 1. The van der Waals surface area contributed by atoms with E-state index in [-0.39, 0.29) is 5.91 Å². The average molecular weight is 326 g/mol.